The molecule has 6 heteroatoms. The third-order valence-electron chi connectivity index (χ3n) is 5.51. The van der Waals surface area contributed by atoms with Crippen LogP contribution >= 0.6 is 0 Å². The van der Waals surface area contributed by atoms with Gasteiger partial charge in [-0.15, -0.1) is 0 Å². The van der Waals surface area contributed by atoms with Crippen molar-refractivity contribution in [2.45, 2.75) is 13.5 Å². The monoisotopic (exact) mass is 377 g/mol. The van der Waals surface area contributed by atoms with Crippen LogP contribution in [0.25, 0.3) is 0 Å². The number of amides is 3. The second-order valence-corrected chi connectivity index (χ2v) is 7.17. The minimum Gasteiger partial charge on any atom is -0.336 e. The van der Waals surface area contributed by atoms with Crippen molar-refractivity contribution in [3.05, 3.63) is 70.8 Å². The highest BCUT2D eigenvalue weighted by Crippen LogP contribution is 2.26. The van der Waals surface area contributed by atoms with Gasteiger partial charge in [0.2, 0.25) is 0 Å². The zero-order chi connectivity index (χ0) is 19.7. The number of hydrogen-bond donors (Lipinski definition) is 0. The highest BCUT2D eigenvalue weighted by atomic mass is 16.2. The molecule has 0 atom stereocenters. The first-order valence-electron chi connectivity index (χ1n) is 9.64. The predicted octanol–water partition coefficient (Wildman–Crippen LogP) is 2.26. The van der Waals surface area contributed by atoms with E-state index in [0.29, 0.717) is 29.8 Å². The van der Waals surface area contributed by atoms with E-state index in [2.05, 4.69) is 11.8 Å². The standard InChI is InChI=1S/C22H23N3O3/c1-2-23-10-12-24(13-11-23)20(26)17-8-9-18-19(14-17)22(28)25(21(18)27)15-16-6-4-3-5-7-16/h3-9,14H,2,10-13,15H2,1H3. The van der Waals surface area contributed by atoms with E-state index in [1.807, 2.05) is 35.2 Å². The van der Waals surface area contributed by atoms with E-state index in [1.54, 1.807) is 18.2 Å². The molecule has 0 radical (unpaired) electrons. The number of carbonyl (C=O) groups is 3. The van der Waals surface area contributed by atoms with Crippen molar-refractivity contribution in [1.29, 1.82) is 0 Å². The molecule has 2 aliphatic heterocycles. The number of carbonyl (C=O) groups excluding carboxylic acids is 3. The van der Waals surface area contributed by atoms with Gasteiger partial charge in [-0.3, -0.25) is 19.3 Å². The maximum atomic E-state index is 12.9. The van der Waals surface area contributed by atoms with E-state index in [0.717, 1.165) is 25.2 Å². The van der Waals surface area contributed by atoms with Gasteiger partial charge in [0.05, 0.1) is 17.7 Å². The number of nitrogens with zero attached hydrogens (tertiary/aromatic N) is 3. The van der Waals surface area contributed by atoms with Gasteiger partial charge >= 0.3 is 0 Å². The van der Waals surface area contributed by atoms with Crippen LogP contribution in [0.2, 0.25) is 0 Å². The third kappa shape index (κ3) is 3.31. The van der Waals surface area contributed by atoms with Gasteiger partial charge in [0.25, 0.3) is 17.7 Å². The van der Waals surface area contributed by atoms with Crippen LogP contribution in [0, 0.1) is 0 Å². The van der Waals surface area contributed by atoms with E-state index in [-0.39, 0.29) is 24.3 Å². The Hall–Kier alpha value is -2.99. The number of hydrogen-bond acceptors (Lipinski definition) is 4. The quantitative estimate of drug-likeness (QED) is 0.767. The Morgan fingerprint density at radius 3 is 2.25 bits per heavy atom. The molecule has 2 aromatic carbocycles. The van der Waals surface area contributed by atoms with Crippen molar-refractivity contribution in [2.75, 3.05) is 32.7 Å². The van der Waals surface area contributed by atoms with Gasteiger partial charge in [-0.1, -0.05) is 37.3 Å². The molecule has 0 aromatic heterocycles. The maximum Gasteiger partial charge on any atom is 0.261 e. The van der Waals surface area contributed by atoms with Crippen molar-refractivity contribution in [2.24, 2.45) is 0 Å². The summed E-state index contributed by atoms with van der Waals surface area (Å²) in [5, 5.41) is 0. The first kappa shape index (κ1) is 18.4. The normalized spacial score (nSPS) is 17.2. The number of likely N-dealkylation sites (N-methyl/N-ethyl adjacent to an activating group) is 1. The Bertz CT molecular complexity index is 918. The fourth-order valence-corrected chi connectivity index (χ4v) is 3.78. The molecule has 2 heterocycles. The van der Waals surface area contributed by atoms with E-state index < -0.39 is 0 Å². The van der Waals surface area contributed by atoms with Crippen LogP contribution in [0.5, 0.6) is 0 Å². The van der Waals surface area contributed by atoms with Crippen LogP contribution in [-0.4, -0.2) is 65.1 Å². The molecule has 0 unspecified atom stereocenters. The highest BCUT2D eigenvalue weighted by molar-refractivity contribution is 6.22. The van der Waals surface area contributed by atoms with Crippen LogP contribution < -0.4 is 0 Å². The van der Waals surface area contributed by atoms with E-state index in [4.69, 9.17) is 0 Å². The zero-order valence-electron chi connectivity index (χ0n) is 15.9. The first-order valence-corrected chi connectivity index (χ1v) is 9.64. The minimum absolute atomic E-state index is 0.0830. The topological polar surface area (TPSA) is 60.9 Å². The third-order valence-corrected chi connectivity index (χ3v) is 5.51. The Labute approximate surface area is 164 Å². The van der Waals surface area contributed by atoms with Gasteiger partial charge in [-0.25, -0.2) is 0 Å². The van der Waals surface area contributed by atoms with E-state index in [1.165, 1.54) is 4.90 Å². The molecule has 3 amide bonds. The van der Waals surface area contributed by atoms with Crippen LogP contribution in [0.3, 0.4) is 0 Å². The molecule has 4 rings (SSSR count). The molecular weight excluding hydrogens is 354 g/mol. The lowest BCUT2D eigenvalue weighted by Crippen LogP contribution is -2.48. The summed E-state index contributed by atoms with van der Waals surface area (Å²) in [5.41, 5.74) is 2.04. The summed E-state index contributed by atoms with van der Waals surface area (Å²) in [6.07, 6.45) is 0. The lowest BCUT2D eigenvalue weighted by atomic mass is 10.0. The Kier molecular flexibility index (Phi) is 4.96. The molecule has 0 N–H and O–H groups in total. The summed E-state index contributed by atoms with van der Waals surface area (Å²) >= 11 is 0. The molecule has 0 spiro atoms. The molecule has 6 nitrogen and oxygen atoms in total. The van der Waals surface area contributed by atoms with Gasteiger partial charge in [0.15, 0.2) is 0 Å². The molecule has 0 saturated carbocycles. The second-order valence-electron chi connectivity index (χ2n) is 7.17. The maximum absolute atomic E-state index is 12.9. The number of benzene rings is 2. The smallest absolute Gasteiger partial charge is 0.261 e. The zero-order valence-corrected chi connectivity index (χ0v) is 15.9. The Balaban J connectivity index is 1.53. The lowest BCUT2D eigenvalue weighted by molar-refractivity contribution is 0.0636. The number of piperazine rings is 1. The second kappa shape index (κ2) is 7.56. The van der Waals surface area contributed by atoms with Gasteiger partial charge in [-0.2, -0.15) is 0 Å². The molecular formula is C22H23N3O3. The van der Waals surface area contributed by atoms with Gasteiger partial charge in [-0.05, 0) is 30.3 Å². The van der Waals surface area contributed by atoms with Crippen molar-refractivity contribution < 1.29 is 14.4 Å². The Morgan fingerprint density at radius 1 is 0.893 bits per heavy atom. The molecule has 1 saturated heterocycles. The van der Waals surface area contributed by atoms with Crippen molar-refractivity contribution in [3.8, 4) is 0 Å². The molecule has 144 valence electrons. The molecule has 28 heavy (non-hydrogen) atoms. The summed E-state index contributed by atoms with van der Waals surface area (Å²) in [5.74, 6) is -0.728. The molecule has 0 bridgehead atoms. The molecule has 0 aliphatic carbocycles. The average Bonchev–Trinajstić information content (AvgIpc) is 2.98. The van der Waals surface area contributed by atoms with Crippen LogP contribution in [-0.2, 0) is 6.54 Å². The fourth-order valence-electron chi connectivity index (χ4n) is 3.78. The van der Waals surface area contributed by atoms with Crippen molar-refractivity contribution >= 4 is 17.7 Å². The lowest BCUT2D eigenvalue weighted by Gasteiger charge is -2.34. The summed E-state index contributed by atoms with van der Waals surface area (Å²) < 4.78 is 0. The average molecular weight is 377 g/mol. The van der Waals surface area contributed by atoms with Gasteiger partial charge < -0.3 is 9.80 Å². The fraction of sp³-hybridized carbons (Fsp3) is 0.318. The Morgan fingerprint density at radius 2 is 1.57 bits per heavy atom. The van der Waals surface area contributed by atoms with Crippen LogP contribution in [0.15, 0.2) is 48.5 Å². The minimum atomic E-state index is -0.339. The molecule has 1 fully saturated rings. The van der Waals surface area contributed by atoms with Gasteiger partial charge in [0, 0.05) is 31.7 Å². The summed E-state index contributed by atoms with van der Waals surface area (Å²) in [6, 6.07) is 14.3. The highest BCUT2D eigenvalue weighted by Gasteiger charge is 2.36. The number of rotatable bonds is 4. The summed E-state index contributed by atoms with van der Waals surface area (Å²) in [6.45, 7) is 6.39. The van der Waals surface area contributed by atoms with Crippen LogP contribution in [0.4, 0.5) is 0 Å². The summed E-state index contributed by atoms with van der Waals surface area (Å²) in [7, 11) is 0. The number of imide groups is 1. The largest absolute Gasteiger partial charge is 0.336 e. The van der Waals surface area contributed by atoms with E-state index in [9.17, 15) is 14.4 Å². The SMILES string of the molecule is CCN1CCN(C(=O)c2ccc3c(c2)C(=O)N(Cc2ccccc2)C3=O)CC1. The summed E-state index contributed by atoms with van der Waals surface area (Å²) in [4.78, 5) is 43.7. The van der Waals surface area contributed by atoms with Crippen molar-refractivity contribution in [1.82, 2.24) is 14.7 Å². The van der Waals surface area contributed by atoms with E-state index >= 15 is 0 Å². The van der Waals surface area contributed by atoms with Gasteiger partial charge in [0.1, 0.15) is 0 Å². The van der Waals surface area contributed by atoms with Crippen LogP contribution in [0.1, 0.15) is 43.6 Å². The van der Waals surface area contributed by atoms with Crippen molar-refractivity contribution in [3.63, 3.8) is 0 Å². The first-order chi connectivity index (χ1) is 13.6. The molecule has 2 aromatic rings. The predicted molar refractivity (Wildman–Crippen MR) is 105 cm³/mol. The molecule has 2 aliphatic rings. The number of fused-ring (bicyclic) bond motifs is 1.